The Morgan fingerprint density at radius 1 is 1.50 bits per heavy atom. The van der Waals surface area contributed by atoms with E-state index in [1.807, 2.05) is 10.8 Å². The second-order valence-corrected chi connectivity index (χ2v) is 6.20. The van der Waals surface area contributed by atoms with E-state index in [0.717, 1.165) is 11.8 Å². The predicted molar refractivity (Wildman–Crippen MR) is 83.3 cm³/mol. The van der Waals surface area contributed by atoms with Crippen LogP contribution < -0.4 is 5.32 Å². The van der Waals surface area contributed by atoms with Crippen molar-refractivity contribution in [1.29, 1.82) is 0 Å². The number of thiophene rings is 1. The average Bonchev–Trinajstić information content (AvgIpc) is 3.18. The number of anilines is 1. The first kappa shape index (κ1) is 15.3. The molecular formula is C15H18FN3O2S. The van der Waals surface area contributed by atoms with Gasteiger partial charge in [0.1, 0.15) is 5.69 Å². The summed E-state index contributed by atoms with van der Waals surface area (Å²) >= 11 is 1.48. The van der Waals surface area contributed by atoms with E-state index >= 15 is 0 Å². The highest BCUT2D eigenvalue weighted by atomic mass is 32.1. The van der Waals surface area contributed by atoms with Crippen LogP contribution >= 0.6 is 11.3 Å². The Bertz CT molecular complexity index is 605. The number of nitrogens with zero attached hydrogens (tertiary/aromatic N) is 2. The van der Waals surface area contributed by atoms with Crippen LogP contribution in [0.5, 0.6) is 0 Å². The number of nitrogens with one attached hydrogen (secondary N) is 1. The molecule has 7 heteroatoms. The van der Waals surface area contributed by atoms with Gasteiger partial charge in [-0.3, -0.25) is 0 Å². The van der Waals surface area contributed by atoms with Gasteiger partial charge in [0.25, 0.3) is 0 Å². The van der Waals surface area contributed by atoms with Gasteiger partial charge in [0.05, 0.1) is 18.9 Å². The lowest BCUT2D eigenvalue weighted by Gasteiger charge is -2.12. The molecule has 2 aromatic heterocycles. The van der Waals surface area contributed by atoms with Gasteiger partial charge in [0.15, 0.2) is 5.82 Å². The molecule has 1 fully saturated rings. The molecule has 0 spiro atoms. The first-order chi connectivity index (χ1) is 10.7. The SMILES string of the molecule is OC(CNc1ncc(F)c(-c2ccsc2)n1)COCC1CC1. The van der Waals surface area contributed by atoms with Gasteiger partial charge in [-0.15, -0.1) is 0 Å². The molecule has 3 rings (SSSR count). The topological polar surface area (TPSA) is 67.3 Å². The van der Waals surface area contributed by atoms with Crippen LogP contribution in [0.2, 0.25) is 0 Å². The van der Waals surface area contributed by atoms with Crippen molar-refractivity contribution in [3.05, 3.63) is 28.8 Å². The van der Waals surface area contributed by atoms with Gasteiger partial charge >= 0.3 is 0 Å². The van der Waals surface area contributed by atoms with Crippen LogP contribution in [0.3, 0.4) is 0 Å². The zero-order valence-corrected chi connectivity index (χ0v) is 12.9. The molecule has 0 aromatic carbocycles. The fraction of sp³-hybridized carbons (Fsp3) is 0.467. The minimum Gasteiger partial charge on any atom is -0.389 e. The predicted octanol–water partition coefficient (Wildman–Crippen LogP) is 2.54. The van der Waals surface area contributed by atoms with Gasteiger partial charge < -0.3 is 15.2 Å². The molecule has 0 aliphatic heterocycles. The Labute approximate surface area is 132 Å². The zero-order valence-electron chi connectivity index (χ0n) is 12.0. The van der Waals surface area contributed by atoms with E-state index in [4.69, 9.17) is 4.74 Å². The lowest BCUT2D eigenvalue weighted by molar-refractivity contribution is 0.0385. The third-order valence-corrected chi connectivity index (χ3v) is 4.08. The van der Waals surface area contributed by atoms with E-state index in [0.29, 0.717) is 18.5 Å². The number of hydrogen-bond donors (Lipinski definition) is 2. The molecule has 1 aliphatic rings. The summed E-state index contributed by atoms with van der Waals surface area (Å²) in [5.41, 5.74) is 0.986. The first-order valence-corrected chi connectivity index (χ1v) is 8.21. The maximum atomic E-state index is 13.8. The number of aliphatic hydroxyl groups is 1. The van der Waals surface area contributed by atoms with Crippen LogP contribution in [0.25, 0.3) is 11.3 Å². The Balaban J connectivity index is 1.52. The summed E-state index contributed by atoms with van der Waals surface area (Å²) in [6.45, 7) is 1.26. The Kier molecular flexibility index (Phi) is 4.97. The number of ether oxygens (including phenoxy) is 1. The van der Waals surface area contributed by atoms with E-state index in [1.54, 1.807) is 6.07 Å². The van der Waals surface area contributed by atoms with E-state index in [-0.39, 0.29) is 18.8 Å². The molecule has 22 heavy (non-hydrogen) atoms. The maximum absolute atomic E-state index is 13.8. The quantitative estimate of drug-likeness (QED) is 0.781. The molecule has 0 saturated heterocycles. The molecule has 0 bridgehead atoms. The Morgan fingerprint density at radius 2 is 2.36 bits per heavy atom. The highest BCUT2D eigenvalue weighted by Gasteiger charge is 2.21. The number of aliphatic hydroxyl groups excluding tert-OH is 1. The van der Waals surface area contributed by atoms with Crippen molar-refractivity contribution in [2.45, 2.75) is 18.9 Å². The second-order valence-electron chi connectivity index (χ2n) is 5.42. The molecule has 5 nitrogen and oxygen atoms in total. The monoisotopic (exact) mass is 323 g/mol. The third kappa shape index (κ3) is 4.22. The van der Waals surface area contributed by atoms with Gasteiger partial charge in [0.2, 0.25) is 5.95 Å². The van der Waals surface area contributed by atoms with Gasteiger partial charge in [0, 0.05) is 24.1 Å². The molecule has 0 radical (unpaired) electrons. The summed E-state index contributed by atoms with van der Waals surface area (Å²) < 4.78 is 19.2. The highest BCUT2D eigenvalue weighted by Crippen LogP contribution is 2.28. The fourth-order valence-corrected chi connectivity index (χ4v) is 2.62. The van der Waals surface area contributed by atoms with Gasteiger partial charge in [-0.25, -0.2) is 14.4 Å². The summed E-state index contributed by atoms with van der Waals surface area (Å²) in [5.74, 6) is 0.509. The van der Waals surface area contributed by atoms with Crippen LogP contribution in [0.4, 0.5) is 10.3 Å². The van der Waals surface area contributed by atoms with Crippen LogP contribution in [0, 0.1) is 11.7 Å². The van der Waals surface area contributed by atoms with Crippen LogP contribution in [-0.2, 0) is 4.74 Å². The molecular weight excluding hydrogens is 305 g/mol. The summed E-state index contributed by atoms with van der Waals surface area (Å²) in [6.07, 6.45) is 2.95. The largest absolute Gasteiger partial charge is 0.389 e. The maximum Gasteiger partial charge on any atom is 0.223 e. The number of halogens is 1. The summed E-state index contributed by atoms with van der Waals surface area (Å²) in [5, 5.41) is 16.4. The van der Waals surface area contributed by atoms with E-state index in [1.165, 1.54) is 24.2 Å². The number of rotatable bonds is 8. The second kappa shape index (κ2) is 7.13. The molecule has 118 valence electrons. The van der Waals surface area contributed by atoms with E-state index in [2.05, 4.69) is 15.3 Å². The Morgan fingerprint density at radius 3 is 3.09 bits per heavy atom. The first-order valence-electron chi connectivity index (χ1n) is 7.27. The van der Waals surface area contributed by atoms with Crippen molar-refractivity contribution in [2.24, 2.45) is 5.92 Å². The fourth-order valence-electron chi connectivity index (χ4n) is 1.98. The summed E-state index contributed by atoms with van der Waals surface area (Å²) in [7, 11) is 0. The minimum atomic E-state index is -0.642. The van der Waals surface area contributed by atoms with Crippen LogP contribution in [0.1, 0.15) is 12.8 Å². The van der Waals surface area contributed by atoms with Crippen molar-refractivity contribution >= 4 is 17.3 Å². The van der Waals surface area contributed by atoms with Gasteiger partial charge in [-0.1, -0.05) is 0 Å². The molecule has 1 saturated carbocycles. The Hall–Kier alpha value is -1.57. The van der Waals surface area contributed by atoms with Crippen molar-refractivity contribution in [3.63, 3.8) is 0 Å². The molecule has 1 atom stereocenters. The lowest BCUT2D eigenvalue weighted by atomic mass is 10.2. The number of hydrogen-bond acceptors (Lipinski definition) is 6. The number of aromatic nitrogens is 2. The molecule has 2 N–H and O–H groups in total. The minimum absolute atomic E-state index is 0.262. The average molecular weight is 323 g/mol. The smallest absolute Gasteiger partial charge is 0.223 e. The van der Waals surface area contributed by atoms with E-state index < -0.39 is 11.9 Å². The lowest BCUT2D eigenvalue weighted by Crippen LogP contribution is -2.26. The molecule has 1 aliphatic carbocycles. The zero-order chi connectivity index (χ0) is 15.4. The highest BCUT2D eigenvalue weighted by molar-refractivity contribution is 7.08. The van der Waals surface area contributed by atoms with Gasteiger partial charge in [-0.2, -0.15) is 11.3 Å². The van der Waals surface area contributed by atoms with Crippen LogP contribution in [-0.4, -0.2) is 40.9 Å². The van der Waals surface area contributed by atoms with Crippen molar-refractivity contribution < 1.29 is 14.2 Å². The molecule has 0 amide bonds. The van der Waals surface area contributed by atoms with Crippen molar-refractivity contribution in [2.75, 3.05) is 25.1 Å². The summed E-state index contributed by atoms with van der Waals surface area (Å²) in [4.78, 5) is 8.06. The third-order valence-electron chi connectivity index (χ3n) is 3.40. The molecule has 2 aromatic rings. The van der Waals surface area contributed by atoms with Crippen LogP contribution in [0.15, 0.2) is 23.0 Å². The molecule has 1 unspecified atom stereocenters. The normalized spacial score (nSPS) is 15.7. The van der Waals surface area contributed by atoms with Crippen molar-refractivity contribution in [3.8, 4) is 11.3 Å². The van der Waals surface area contributed by atoms with Crippen molar-refractivity contribution in [1.82, 2.24) is 9.97 Å². The van der Waals surface area contributed by atoms with E-state index in [9.17, 15) is 9.50 Å². The summed E-state index contributed by atoms with van der Waals surface area (Å²) in [6, 6.07) is 1.81. The standard InChI is InChI=1S/C15H18FN3O2S/c16-13-6-18-15(19-14(13)11-3-4-22-9-11)17-5-12(20)8-21-7-10-1-2-10/h3-4,6,9-10,12,20H,1-2,5,7-8H2,(H,17,18,19). The van der Waals surface area contributed by atoms with Gasteiger partial charge in [-0.05, 0) is 30.2 Å². The molecule has 2 heterocycles.